The maximum Gasteiger partial charge on any atom is 0.240 e. The SMILES string of the molecule is CCC1CCC(NS(=O)(=O)c2cccc(CNC)c2)CC1. The summed E-state index contributed by atoms with van der Waals surface area (Å²) >= 11 is 0. The van der Waals surface area contributed by atoms with Gasteiger partial charge in [-0.25, -0.2) is 13.1 Å². The number of rotatable bonds is 6. The van der Waals surface area contributed by atoms with Crippen LogP contribution < -0.4 is 10.0 Å². The van der Waals surface area contributed by atoms with E-state index in [1.807, 2.05) is 13.1 Å². The monoisotopic (exact) mass is 310 g/mol. The molecule has 1 aromatic carbocycles. The molecule has 4 nitrogen and oxygen atoms in total. The van der Waals surface area contributed by atoms with Crippen molar-refractivity contribution in [1.82, 2.24) is 10.0 Å². The normalized spacial score (nSPS) is 23.1. The van der Waals surface area contributed by atoms with Crippen molar-refractivity contribution in [2.24, 2.45) is 5.92 Å². The Morgan fingerprint density at radius 2 is 1.90 bits per heavy atom. The molecule has 118 valence electrons. The second-order valence-corrected chi connectivity index (χ2v) is 7.64. The molecular weight excluding hydrogens is 284 g/mol. The van der Waals surface area contributed by atoms with Gasteiger partial charge in [-0.15, -0.1) is 0 Å². The largest absolute Gasteiger partial charge is 0.316 e. The molecule has 0 unspecified atom stereocenters. The fourth-order valence-corrected chi connectivity index (χ4v) is 4.38. The minimum Gasteiger partial charge on any atom is -0.316 e. The quantitative estimate of drug-likeness (QED) is 0.849. The molecule has 1 aliphatic rings. The summed E-state index contributed by atoms with van der Waals surface area (Å²) in [5.74, 6) is 0.768. The highest BCUT2D eigenvalue weighted by molar-refractivity contribution is 7.89. The van der Waals surface area contributed by atoms with Gasteiger partial charge in [0.15, 0.2) is 0 Å². The van der Waals surface area contributed by atoms with Crippen LogP contribution in [-0.4, -0.2) is 21.5 Å². The fraction of sp³-hybridized carbons (Fsp3) is 0.625. The molecule has 5 heteroatoms. The Morgan fingerprint density at radius 1 is 1.19 bits per heavy atom. The van der Waals surface area contributed by atoms with Crippen molar-refractivity contribution < 1.29 is 8.42 Å². The maximum absolute atomic E-state index is 12.5. The Labute approximate surface area is 128 Å². The van der Waals surface area contributed by atoms with Crippen molar-refractivity contribution in [3.05, 3.63) is 29.8 Å². The van der Waals surface area contributed by atoms with E-state index < -0.39 is 10.0 Å². The molecule has 1 fully saturated rings. The summed E-state index contributed by atoms with van der Waals surface area (Å²) < 4.78 is 27.8. The number of benzene rings is 1. The molecule has 2 rings (SSSR count). The summed E-state index contributed by atoms with van der Waals surface area (Å²) in [7, 11) is -1.55. The van der Waals surface area contributed by atoms with E-state index in [9.17, 15) is 8.42 Å². The van der Waals surface area contributed by atoms with E-state index in [-0.39, 0.29) is 6.04 Å². The Hall–Kier alpha value is -0.910. The first-order chi connectivity index (χ1) is 10.0. The second-order valence-electron chi connectivity index (χ2n) is 5.92. The molecular formula is C16H26N2O2S. The fourth-order valence-electron chi connectivity index (χ4n) is 3.00. The van der Waals surface area contributed by atoms with Crippen molar-refractivity contribution in [1.29, 1.82) is 0 Å². The number of sulfonamides is 1. The lowest BCUT2D eigenvalue weighted by atomic mass is 9.85. The molecule has 0 spiro atoms. The van der Waals surface area contributed by atoms with E-state index in [1.165, 1.54) is 6.42 Å². The van der Waals surface area contributed by atoms with Crippen LogP contribution in [0, 0.1) is 5.92 Å². The average molecular weight is 310 g/mol. The predicted molar refractivity (Wildman–Crippen MR) is 85.6 cm³/mol. The first kappa shape index (κ1) is 16.5. The van der Waals surface area contributed by atoms with Crippen molar-refractivity contribution >= 4 is 10.0 Å². The second kappa shape index (κ2) is 7.38. The van der Waals surface area contributed by atoms with Crippen LogP contribution in [0.1, 0.15) is 44.6 Å². The van der Waals surface area contributed by atoms with E-state index >= 15 is 0 Å². The molecule has 21 heavy (non-hydrogen) atoms. The maximum atomic E-state index is 12.5. The average Bonchev–Trinajstić information content (AvgIpc) is 2.48. The number of nitrogens with one attached hydrogen (secondary N) is 2. The van der Waals surface area contributed by atoms with E-state index in [2.05, 4.69) is 17.0 Å². The van der Waals surface area contributed by atoms with Crippen LogP contribution in [0.5, 0.6) is 0 Å². The highest BCUT2D eigenvalue weighted by atomic mass is 32.2. The third-order valence-corrected chi connectivity index (χ3v) is 5.85. The molecule has 1 saturated carbocycles. The van der Waals surface area contributed by atoms with Crippen molar-refractivity contribution in [3.8, 4) is 0 Å². The van der Waals surface area contributed by atoms with Crippen LogP contribution in [0.25, 0.3) is 0 Å². The van der Waals surface area contributed by atoms with Crippen LogP contribution in [0.15, 0.2) is 29.2 Å². The zero-order valence-corrected chi connectivity index (χ0v) is 13.7. The lowest BCUT2D eigenvalue weighted by Crippen LogP contribution is -2.37. The van der Waals surface area contributed by atoms with E-state index in [4.69, 9.17) is 0 Å². The van der Waals surface area contributed by atoms with Gasteiger partial charge in [0.05, 0.1) is 4.90 Å². The van der Waals surface area contributed by atoms with Crippen LogP contribution >= 0.6 is 0 Å². The third-order valence-electron chi connectivity index (χ3n) is 4.34. The minimum atomic E-state index is -3.40. The van der Waals surface area contributed by atoms with Gasteiger partial charge in [-0.3, -0.25) is 0 Å². The molecule has 1 aliphatic carbocycles. The van der Waals surface area contributed by atoms with Crippen LogP contribution in [0.4, 0.5) is 0 Å². The first-order valence-corrected chi connectivity index (χ1v) is 9.29. The summed E-state index contributed by atoms with van der Waals surface area (Å²) in [6.07, 6.45) is 5.36. The number of hydrogen-bond donors (Lipinski definition) is 2. The van der Waals surface area contributed by atoms with Gasteiger partial charge in [-0.2, -0.15) is 0 Å². The van der Waals surface area contributed by atoms with E-state index in [0.29, 0.717) is 11.4 Å². The molecule has 0 radical (unpaired) electrons. The highest BCUT2D eigenvalue weighted by Crippen LogP contribution is 2.27. The van der Waals surface area contributed by atoms with Gasteiger partial charge in [-0.1, -0.05) is 25.5 Å². The van der Waals surface area contributed by atoms with Gasteiger partial charge in [0.25, 0.3) is 0 Å². The molecule has 0 bridgehead atoms. The Morgan fingerprint density at radius 3 is 2.52 bits per heavy atom. The summed E-state index contributed by atoms with van der Waals surface area (Å²) in [5, 5.41) is 3.04. The Bertz CT molecular complexity index is 549. The first-order valence-electron chi connectivity index (χ1n) is 7.81. The Balaban J connectivity index is 2.03. The van der Waals surface area contributed by atoms with Crippen LogP contribution in [0.2, 0.25) is 0 Å². The molecule has 0 aromatic heterocycles. The predicted octanol–water partition coefficient (Wildman–Crippen LogP) is 2.65. The number of hydrogen-bond acceptors (Lipinski definition) is 3. The molecule has 1 aromatic rings. The highest BCUT2D eigenvalue weighted by Gasteiger charge is 2.25. The van der Waals surface area contributed by atoms with Gasteiger partial charge in [0.1, 0.15) is 0 Å². The molecule has 2 N–H and O–H groups in total. The topological polar surface area (TPSA) is 58.2 Å². The van der Waals surface area contributed by atoms with Crippen molar-refractivity contribution in [2.75, 3.05) is 7.05 Å². The minimum absolute atomic E-state index is 0.0887. The van der Waals surface area contributed by atoms with Gasteiger partial charge < -0.3 is 5.32 Å². The lowest BCUT2D eigenvalue weighted by Gasteiger charge is -2.28. The van der Waals surface area contributed by atoms with Gasteiger partial charge in [-0.05, 0) is 56.3 Å². The third kappa shape index (κ3) is 4.53. The zero-order chi connectivity index (χ0) is 15.3. The van der Waals surface area contributed by atoms with Gasteiger partial charge >= 0.3 is 0 Å². The zero-order valence-electron chi connectivity index (χ0n) is 12.9. The van der Waals surface area contributed by atoms with E-state index in [0.717, 1.165) is 37.2 Å². The summed E-state index contributed by atoms with van der Waals surface area (Å²) in [6.45, 7) is 2.88. The molecule has 0 saturated heterocycles. The van der Waals surface area contributed by atoms with Crippen LogP contribution in [-0.2, 0) is 16.6 Å². The van der Waals surface area contributed by atoms with Gasteiger partial charge in [0.2, 0.25) is 10.0 Å². The standard InChI is InChI=1S/C16H26N2O2S/c1-3-13-7-9-15(10-8-13)18-21(19,20)16-6-4-5-14(11-16)12-17-2/h4-6,11,13,15,17-18H,3,7-10,12H2,1-2H3. The summed E-state index contributed by atoms with van der Waals surface area (Å²) in [4.78, 5) is 0.368. The summed E-state index contributed by atoms with van der Waals surface area (Å²) in [5.41, 5.74) is 0.982. The lowest BCUT2D eigenvalue weighted by molar-refractivity contribution is 0.306. The Kier molecular flexibility index (Phi) is 5.79. The van der Waals surface area contributed by atoms with Crippen molar-refractivity contribution in [2.45, 2.75) is 56.5 Å². The molecule has 0 aliphatic heterocycles. The van der Waals surface area contributed by atoms with Crippen molar-refractivity contribution in [3.63, 3.8) is 0 Å². The smallest absolute Gasteiger partial charge is 0.240 e. The molecule has 0 atom stereocenters. The van der Waals surface area contributed by atoms with Gasteiger partial charge in [0, 0.05) is 12.6 Å². The molecule has 0 heterocycles. The summed E-state index contributed by atoms with van der Waals surface area (Å²) in [6, 6.07) is 7.23. The molecule has 0 amide bonds. The van der Waals surface area contributed by atoms with Crippen LogP contribution in [0.3, 0.4) is 0 Å². The van der Waals surface area contributed by atoms with E-state index in [1.54, 1.807) is 18.2 Å².